The summed E-state index contributed by atoms with van der Waals surface area (Å²) < 4.78 is 25.9. The molecule has 2 aromatic heterocycles. The van der Waals surface area contributed by atoms with Crippen molar-refractivity contribution in [1.29, 1.82) is 0 Å². The highest BCUT2D eigenvalue weighted by Crippen LogP contribution is 2.33. The van der Waals surface area contributed by atoms with Crippen LogP contribution in [0.3, 0.4) is 0 Å². The molecule has 1 amide bonds. The third-order valence-corrected chi connectivity index (χ3v) is 7.92. The van der Waals surface area contributed by atoms with Crippen LogP contribution in [0.2, 0.25) is 4.34 Å². The summed E-state index contributed by atoms with van der Waals surface area (Å²) in [5, 5.41) is 2.50. The van der Waals surface area contributed by atoms with Gasteiger partial charge in [0, 0.05) is 31.6 Å². The molecule has 130 valence electrons. The van der Waals surface area contributed by atoms with Crippen molar-refractivity contribution >= 4 is 50.2 Å². The summed E-state index contributed by atoms with van der Waals surface area (Å²) in [5.41, 5.74) is 0.395. The molecule has 0 atom stereocenters. The molecule has 1 aliphatic rings. The van der Waals surface area contributed by atoms with Crippen molar-refractivity contribution in [3.05, 3.63) is 27.5 Å². The van der Waals surface area contributed by atoms with Crippen molar-refractivity contribution in [2.24, 2.45) is 0 Å². The van der Waals surface area contributed by atoms with Crippen LogP contribution in [0.4, 0.5) is 0 Å². The van der Waals surface area contributed by atoms with Crippen LogP contribution in [0.1, 0.15) is 17.4 Å². The number of piperazine rings is 1. The Bertz CT molecular complexity index is 838. The Morgan fingerprint density at radius 2 is 2.00 bits per heavy atom. The fourth-order valence-electron chi connectivity index (χ4n) is 2.43. The zero-order valence-electron chi connectivity index (χ0n) is 12.9. The monoisotopic (exact) mass is 405 g/mol. The fourth-order valence-corrected chi connectivity index (χ4v) is 5.42. The lowest BCUT2D eigenvalue weighted by Gasteiger charge is -2.33. The number of carbonyl (C=O) groups excluding carboxylic acids is 1. The van der Waals surface area contributed by atoms with E-state index in [0.29, 0.717) is 36.2 Å². The van der Waals surface area contributed by atoms with Gasteiger partial charge in [0.15, 0.2) is 0 Å². The Labute approximate surface area is 153 Å². The first-order valence-electron chi connectivity index (χ1n) is 7.39. The lowest BCUT2D eigenvalue weighted by atomic mass is 10.3. The summed E-state index contributed by atoms with van der Waals surface area (Å²) in [4.78, 5) is 19.5. The summed E-state index contributed by atoms with van der Waals surface area (Å²) in [5.74, 6) is -0.0755. The number of hydrogen-bond acceptors (Lipinski definition) is 6. The largest absolute Gasteiger partial charge is 0.335 e. The molecule has 2 aromatic rings. The molecule has 24 heavy (non-hydrogen) atoms. The van der Waals surface area contributed by atoms with Gasteiger partial charge in [0.05, 0.1) is 15.0 Å². The molecule has 0 aromatic carbocycles. The second-order valence-corrected chi connectivity index (χ2v) is 10.1. The Hall–Kier alpha value is -1.00. The van der Waals surface area contributed by atoms with Crippen LogP contribution < -0.4 is 0 Å². The Morgan fingerprint density at radius 3 is 2.58 bits per heavy atom. The normalized spacial score (nSPS) is 16.5. The summed E-state index contributed by atoms with van der Waals surface area (Å²) >= 11 is 8.76. The quantitative estimate of drug-likeness (QED) is 0.783. The van der Waals surface area contributed by atoms with Gasteiger partial charge in [-0.15, -0.1) is 22.7 Å². The highest BCUT2D eigenvalue weighted by Gasteiger charge is 2.29. The van der Waals surface area contributed by atoms with Gasteiger partial charge in [0.1, 0.15) is 10.7 Å². The van der Waals surface area contributed by atoms with Gasteiger partial charge in [-0.05, 0) is 19.1 Å². The molecule has 1 aliphatic heterocycles. The number of sulfonamides is 1. The number of thiophene rings is 1. The first-order valence-corrected chi connectivity index (χ1v) is 11.1. The first kappa shape index (κ1) is 17.8. The maximum absolute atomic E-state index is 12.6. The molecular weight excluding hydrogens is 390 g/mol. The van der Waals surface area contributed by atoms with Crippen LogP contribution >= 0.6 is 34.3 Å². The predicted molar refractivity (Wildman–Crippen MR) is 97.4 cm³/mol. The van der Waals surface area contributed by atoms with Gasteiger partial charge in [0.25, 0.3) is 5.91 Å². The molecule has 0 radical (unpaired) electrons. The maximum atomic E-state index is 12.6. The van der Waals surface area contributed by atoms with Crippen molar-refractivity contribution in [2.45, 2.75) is 6.92 Å². The van der Waals surface area contributed by atoms with Gasteiger partial charge in [-0.3, -0.25) is 4.79 Å². The minimum absolute atomic E-state index is 0.0831. The van der Waals surface area contributed by atoms with Crippen LogP contribution in [0.15, 0.2) is 17.5 Å². The van der Waals surface area contributed by atoms with Crippen molar-refractivity contribution in [2.75, 3.05) is 31.9 Å². The van der Waals surface area contributed by atoms with E-state index in [0.717, 1.165) is 9.88 Å². The summed E-state index contributed by atoms with van der Waals surface area (Å²) in [7, 11) is -3.19. The number of halogens is 1. The topological polar surface area (TPSA) is 70.6 Å². The molecule has 0 saturated carbocycles. The van der Waals surface area contributed by atoms with Gasteiger partial charge in [-0.2, -0.15) is 4.31 Å². The number of hydrogen-bond donors (Lipinski definition) is 0. The average Bonchev–Trinajstić information content (AvgIpc) is 3.23. The zero-order valence-corrected chi connectivity index (χ0v) is 16.1. The number of rotatable bonds is 4. The van der Waals surface area contributed by atoms with E-state index in [9.17, 15) is 13.2 Å². The van der Waals surface area contributed by atoms with Crippen molar-refractivity contribution in [3.8, 4) is 9.88 Å². The SMILES string of the molecule is CCS(=O)(=O)N1CCN(C(=O)c2csc(-c3ccc(Cl)s3)n2)CC1. The average molecular weight is 406 g/mol. The summed E-state index contributed by atoms with van der Waals surface area (Å²) in [6.45, 7) is 3.06. The second kappa shape index (κ2) is 7.09. The summed E-state index contributed by atoms with van der Waals surface area (Å²) in [6.07, 6.45) is 0. The lowest BCUT2D eigenvalue weighted by molar-refractivity contribution is 0.0693. The van der Waals surface area contributed by atoms with Crippen molar-refractivity contribution < 1.29 is 13.2 Å². The van der Waals surface area contributed by atoms with Crippen LogP contribution in [0.25, 0.3) is 9.88 Å². The Morgan fingerprint density at radius 1 is 1.29 bits per heavy atom. The van der Waals surface area contributed by atoms with Gasteiger partial charge in [0.2, 0.25) is 10.0 Å². The Balaban J connectivity index is 1.67. The van der Waals surface area contributed by atoms with Crippen molar-refractivity contribution in [1.82, 2.24) is 14.2 Å². The minimum atomic E-state index is -3.19. The third kappa shape index (κ3) is 3.65. The Kier molecular flexibility index (Phi) is 5.26. The van der Waals surface area contributed by atoms with Gasteiger partial charge >= 0.3 is 0 Å². The maximum Gasteiger partial charge on any atom is 0.273 e. The number of nitrogens with zero attached hydrogens (tertiary/aromatic N) is 3. The van der Waals surface area contributed by atoms with E-state index in [1.54, 1.807) is 23.3 Å². The van der Waals surface area contributed by atoms with E-state index in [4.69, 9.17) is 11.6 Å². The molecule has 0 aliphatic carbocycles. The van der Waals surface area contributed by atoms with E-state index in [-0.39, 0.29) is 11.7 Å². The number of thiazole rings is 1. The molecule has 0 N–H and O–H groups in total. The molecule has 3 rings (SSSR count). The molecule has 6 nitrogen and oxygen atoms in total. The highest BCUT2D eigenvalue weighted by molar-refractivity contribution is 7.89. The molecular formula is C14H16ClN3O3S3. The number of carbonyl (C=O) groups is 1. The van der Waals surface area contributed by atoms with Crippen LogP contribution in [0, 0.1) is 0 Å². The number of amides is 1. The van der Waals surface area contributed by atoms with Crippen LogP contribution in [-0.2, 0) is 10.0 Å². The predicted octanol–water partition coefficient (Wildman–Crippen LogP) is 2.63. The van der Waals surface area contributed by atoms with Gasteiger partial charge in [-0.1, -0.05) is 11.6 Å². The van der Waals surface area contributed by atoms with Crippen molar-refractivity contribution in [3.63, 3.8) is 0 Å². The van der Waals surface area contributed by atoms with E-state index in [1.165, 1.54) is 27.0 Å². The van der Waals surface area contributed by atoms with Crippen LogP contribution in [0.5, 0.6) is 0 Å². The minimum Gasteiger partial charge on any atom is -0.335 e. The zero-order chi connectivity index (χ0) is 17.3. The highest BCUT2D eigenvalue weighted by atomic mass is 35.5. The molecule has 0 unspecified atom stereocenters. The third-order valence-electron chi connectivity index (χ3n) is 3.79. The molecule has 0 spiro atoms. The lowest BCUT2D eigenvalue weighted by Crippen LogP contribution is -2.50. The molecule has 3 heterocycles. The number of aromatic nitrogens is 1. The standard InChI is InChI=1S/C14H16ClN3O3S3/c1-2-24(20,21)18-7-5-17(6-8-18)14(19)10-9-22-13(16-10)11-3-4-12(15)23-11/h3-4,9H,2,5-8H2,1H3. The molecule has 1 fully saturated rings. The summed E-state index contributed by atoms with van der Waals surface area (Å²) in [6, 6.07) is 3.69. The van der Waals surface area contributed by atoms with E-state index in [2.05, 4.69) is 4.98 Å². The fraction of sp³-hybridized carbons (Fsp3) is 0.429. The molecule has 1 saturated heterocycles. The van der Waals surface area contributed by atoms with Crippen LogP contribution in [-0.4, -0.2) is 60.4 Å². The van der Waals surface area contributed by atoms with E-state index < -0.39 is 10.0 Å². The first-order chi connectivity index (χ1) is 11.4. The van der Waals surface area contributed by atoms with Gasteiger partial charge < -0.3 is 4.90 Å². The van der Waals surface area contributed by atoms with E-state index >= 15 is 0 Å². The van der Waals surface area contributed by atoms with Gasteiger partial charge in [-0.25, -0.2) is 13.4 Å². The second-order valence-electron chi connectivity index (χ2n) is 5.23. The smallest absolute Gasteiger partial charge is 0.273 e. The van der Waals surface area contributed by atoms with E-state index in [1.807, 2.05) is 6.07 Å². The molecule has 10 heteroatoms. The molecule has 0 bridgehead atoms.